The highest BCUT2D eigenvalue weighted by molar-refractivity contribution is 5.77. The molecule has 16 heavy (non-hydrogen) atoms. The molecule has 0 spiro atoms. The van der Waals surface area contributed by atoms with Gasteiger partial charge in [0.05, 0.1) is 6.10 Å². The van der Waals surface area contributed by atoms with E-state index < -0.39 is 0 Å². The fourth-order valence-corrected chi connectivity index (χ4v) is 2.22. The molecule has 1 amide bonds. The Balaban J connectivity index is 2.33. The Morgan fingerprint density at radius 1 is 1.56 bits per heavy atom. The van der Waals surface area contributed by atoms with E-state index in [1.54, 1.807) is 6.92 Å². The van der Waals surface area contributed by atoms with Crippen molar-refractivity contribution in [3.63, 3.8) is 0 Å². The average Bonchev–Trinajstić information content (AvgIpc) is 2.66. The molecule has 3 atom stereocenters. The Kier molecular flexibility index (Phi) is 5.22. The van der Waals surface area contributed by atoms with Crippen LogP contribution in [0.15, 0.2) is 0 Å². The summed E-state index contributed by atoms with van der Waals surface area (Å²) in [5, 5.41) is 12.7. The van der Waals surface area contributed by atoms with E-state index >= 15 is 0 Å². The number of aliphatic hydroxyl groups excluding tert-OH is 1. The maximum atomic E-state index is 11.9. The molecule has 94 valence electrons. The molecule has 3 unspecified atom stereocenters. The molecule has 4 heteroatoms. The Hall–Kier alpha value is -0.610. The first-order valence-corrected chi connectivity index (χ1v) is 6.23. The van der Waals surface area contributed by atoms with Gasteiger partial charge in [0.1, 0.15) is 0 Å². The van der Waals surface area contributed by atoms with Gasteiger partial charge in [0, 0.05) is 31.5 Å². The van der Waals surface area contributed by atoms with Crippen molar-refractivity contribution in [2.45, 2.75) is 45.8 Å². The summed E-state index contributed by atoms with van der Waals surface area (Å²) in [5.74, 6) is 0.468. The molecular formula is C12H24N2O2. The molecule has 4 nitrogen and oxygen atoms in total. The SMILES string of the molecule is CCNC(C)CC(=O)N1CCC(C(C)O)C1. The maximum Gasteiger partial charge on any atom is 0.224 e. The number of nitrogens with zero attached hydrogens (tertiary/aromatic N) is 1. The Morgan fingerprint density at radius 3 is 2.75 bits per heavy atom. The number of carbonyl (C=O) groups excluding carboxylic acids is 1. The van der Waals surface area contributed by atoms with Gasteiger partial charge in [-0.1, -0.05) is 6.92 Å². The smallest absolute Gasteiger partial charge is 0.224 e. The number of nitrogens with one attached hydrogen (secondary N) is 1. The summed E-state index contributed by atoms with van der Waals surface area (Å²) in [6, 6.07) is 0.239. The van der Waals surface area contributed by atoms with E-state index in [0.717, 1.165) is 26.1 Å². The quantitative estimate of drug-likeness (QED) is 0.724. The first-order chi connectivity index (χ1) is 7.54. The first-order valence-electron chi connectivity index (χ1n) is 6.23. The summed E-state index contributed by atoms with van der Waals surface area (Å²) < 4.78 is 0. The molecule has 1 aliphatic rings. The Morgan fingerprint density at radius 2 is 2.25 bits per heavy atom. The molecule has 0 aromatic heterocycles. The zero-order valence-electron chi connectivity index (χ0n) is 10.6. The van der Waals surface area contributed by atoms with Gasteiger partial charge in [0.15, 0.2) is 0 Å². The number of likely N-dealkylation sites (tertiary alicyclic amines) is 1. The summed E-state index contributed by atoms with van der Waals surface area (Å²) in [7, 11) is 0. The highest BCUT2D eigenvalue weighted by atomic mass is 16.3. The van der Waals surface area contributed by atoms with Crippen LogP contribution in [0.3, 0.4) is 0 Å². The third-order valence-electron chi connectivity index (χ3n) is 3.29. The second kappa shape index (κ2) is 6.21. The van der Waals surface area contributed by atoms with Crippen LogP contribution in [0.2, 0.25) is 0 Å². The molecular weight excluding hydrogens is 204 g/mol. The van der Waals surface area contributed by atoms with E-state index in [9.17, 15) is 9.90 Å². The third kappa shape index (κ3) is 3.76. The fraction of sp³-hybridized carbons (Fsp3) is 0.917. The van der Waals surface area contributed by atoms with Crippen LogP contribution in [0.4, 0.5) is 0 Å². The van der Waals surface area contributed by atoms with Crippen molar-refractivity contribution in [1.82, 2.24) is 10.2 Å². The molecule has 0 bridgehead atoms. The highest BCUT2D eigenvalue weighted by Gasteiger charge is 2.29. The minimum absolute atomic E-state index is 0.205. The van der Waals surface area contributed by atoms with Gasteiger partial charge in [0.2, 0.25) is 5.91 Å². The van der Waals surface area contributed by atoms with E-state index in [2.05, 4.69) is 5.32 Å². The van der Waals surface area contributed by atoms with E-state index in [4.69, 9.17) is 0 Å². The van der Waals surface area contributed by atoms with Gasteiger partial charge in [-0.25, -0.2) is 0 Å². The monoisotopic (exact) mass is 228 g/mol. The van der Waals surface area contributed by atoms with E-state index in [-0.39, 0.29) is 24.0 Å². The number of carbonyl (C=O) groups is 1. The third-order valence-corrected chi connectivity index (χ3v) is 3.29. The van der Waals surface area contributed by atoms with Crippen LogP contribution >= 0.6 is 0 Å². The zero-order chi connectivity index (χ0) is 12.1. The van der Waals surface area contributed by atoms with Crippen molar-refractivity contribution in [3.8, 4) is 0 Å². The lowest BCUT2D eigenvalue weighted by Gasteiger charge is -2.20. The molecule has 0 aromatic carbocycles. The van der Waals surface area contributed by atoms with Crippen LogP contribution in [0, 0.1) is 5.92 Å². The van der Waals surface area contributed by atoms with Crippen molar-refractivity contribution in [2.75, 3.05) is 19.6 Å². The lowest BCUT2D eigenvalue weighted by molar-refractivity contribution is -0.130. The van der Waals surface area contributed by atoms with Crippen molar-refractivity contribution in [3.05, 3.63) is 0 Å². The number of amides is 1. The summed E-state index contributed by atoms with van der Waals surface area (Å²) in [6.45, 7) is 8.29. The molecule has 1 aliphatic heterocycles. The van der Waals surface area contributed by atoms with Crippen LogP contribution in [0.1, 0.15) is 33.6 Å². The van der Waals surface area contributed by atoms with Crippen molar-refractivity contribution < 1.29 is 9.90 Å². The molecule has 0 radical (unpaired) electrons. The molecule has 0 aromatic rings. The minimum atomic E-state index is -0.302. The predicted molar refractivity (Wildman–Crippen MR) is 64.1 cm³/mol. The van der Waals surface area contributed by atoms with E-state index in [0.29, 0.717) is 6.42 Å². The number of hydrogen-bond donors (Lipinski definition) is 2. The van der Waals surface area contributed by atoms with Gasteiger partial charge < -0.3 is 15.3 Å². The van der Waals surface area contributed by atoms with Crippen molar-refractivity contribution in [2.24, 2.45) is 5.92 Å². The molecule has 2 N–H and O–H groups in total. The molecule has 1 heterocycles. The van der Waals surface area contributed by atoms with E-state index in [1.165, 1.54) is 0 Å². The van der Waals surface area contributed by atoms with Crippen LogP contribution in [0.25, 0.3) is 0 Å². The van der Waals surface area contributed by atoms with Crippen LogP contribution < -0.4 is 5.32 Å². The number of aliphatic hydroxyl groups is 1. The standard InChI is InChI=1S/C12H24N2O2/c1-4-13-9(2)7-12(16)14-6-5-11(8-14)10(3)15/h9-11,13,15H,4-8H2,1-3H3. The topological polar surface area (TPSA) is 52.6 Å². The van der Waals surface area contributed by atoms with Gasteiger partial charge >= 0.3 is 0 Å². The lowest BCUT2D eigenvalue weighted by atomic mass is 10.0. The molecule has 1 saturated heterocycles. The Labute approximate surface area is 98.0 Å². The summed E-state index contributed by atoms with van der Waals surface area (Å²) in [4.78, 5) is 13.8. The van der Waals surface area contributed by atoms with Crippen LogP contribution in [-0.4, -0.2) is 47.7 Å². The second-order valence-corrected chi connectivity index (χ2v) is 4.79. The molecule has 0 saturated carbocycles. The highest BCUT2D eigenvalue weighted by Crippen LogP contribution is 2.20. The summed E-state index contributed by atoms with van der Waals surface area (Å²) >= 11 is 0. The largest absolute Gasteiger partial charge is 0.393 e. The zero-order valence-corrected chi connectivity index (χ0v) is 10.6. The van der Waals surface area contributed by atoms with Crippen LogP contribution in [0.5, 0.6) is 0 Å². The fourth-order valence-electron chi connectivity index (χ4n) is 2.22. The summed E-state index contributed by atoms with van der Waals surface area (Å²) in [6.07, 6.45) is 1.18. The van der Waals surface area contributed by atoms with Crippen LogP contribution in [-0.2, 0) is 4.79 Å². The number of rotatable bonds is 5. The maximum absolute atomic E-state index is 11.9. The van der Waals surface area contributed by atoms with Gasteiger partial charge in [-0.2, -0.15) is 0 Å². The van der Waals surface area contributed by atoms with Gasteiger partial charge in [0.25, 0.3) is 0 Å². The molecule has 1 fully saturated rings. The van der Waals surface area contributed by atoms with E-state index in [1.807, 2.05) is 18.7 Å². The van der Waals surface area contributed by atoms with Gasteiger partial charge in [-0.3, -0.25) is 4.79 Å². The number of hydrogen-bond acceptors (Lipinski definition) is 3. The minimum Gasteiger partial charge on any atom is -0.393 e. The Bertz CT molecular complexity index is 231. The van der Waals surface area contributed by atoms with Crippen molar-refractivity contribution in [1.29, 1.82) is 0 Å². The van der Waals surface area contributed by atoms with Gasteiger partial charge in [-0.05, 0) is 26.8 Å². The molecule has 1 rings (SSSR count). The van der Waals surface area contributed by atoms with Gasteiger partial charge in [-0.15, -0.1) is 0 Å². The van der Waals surface area contributed by atoms with Crippen molar-refractivity contribution >= 4 is 5.91 Å². The molecule has 0 aliphatic carbocycles. The average molecular weight is 228 g/mol. The lowest BCUT2D eigenvalue weighted by Crippen LogP contribution is -2.36. The first kappa shape index (κ1) is 13.5. The summed E-state index contributed by atoms with van der Waals surface area (Å²) in [5.41, 5.74) is 0. The second-order valence-electron chi connectivity index (χ2n) is 4.79. The normalized spacial score (nSPS) is 24.5. The predicted octanol–water partition coefficient (Wildman–Crippen LogP) is 0.604.